The summed E-state index contributed by atoms with van der Waals surface area (Å²) in [7, 11) is 0.0109. The average molecular weight is 699 g/mol. The number of benzene rings is 2. The minimum absolute atomic E-state index is 0.0802. The van der Waals surface area contributed by atoms with Crippen LogP contribution in [0.5, 0.6) is 5.75 Å². The molecular formula is C39H46N4O6S. The number of nitrogens with one attached hydrogen (secondary N) is 1. The minimum Gasteiger partial charge on any atom is -0.497 e. The topological polar surface area (TPSA) is 110 Å². The number of piperidine rings is 1. The molecule has 1 N–H and O–H groups in total. The Morgan fingerprint density at radius 3 is 2.56 bits per heavy atom. The molecule has 1 aromatic heterocycles. The van der Waals surface area contributed by atoms with E-state index in [0.29, 0.717) is 43.1 Å². The first kappa shape index (κ1) is 31.3. The first-order valence-corrected chi connectivity index (χ1v) is 20.4. The first-order valence-electron chi connectivity index (χ1n) is 18.7. The number of carbonyl (C=O) groups is 2. The molecule has 50 heavy (non-hydrogen) atoms. The number of likely N-dealkylation sites (N-methyl/N-ethyl adjacent to an activating group) is 1. The van der Waals surface area contributed by atoms with Crippen molar-refractivity contribution in [3.63, 3.8) is 0 Å². The lowest BCUT2D eigenvalue weighted by Gasteiger charge is -2.80. The predicted molar refractivity (Wildman–Crippen MR) is 189 cm³/mol. The molecular weight excluding hydrogens is 653 g/mol. The Labute approximate surface area is 293 Å². The van der Waals surface area contributed by atoms with Crippen molar-refractivity contribution in [3.05, 3.63) is 53.1 Å². The lowest BCUT2D eigenvalue weighted by atomic mass is 9.52. The van der Waals surface area contributed by atoms with Crippen molar-refractivity contribution in [2.24, 2.45) is 5.41 Å². The molecule has 2 aromatic carbocycles. The Balaban J connectivity index is 1.10. The fourth-order valence-corrected chi connectivity index (χ4v) is 12.4. The molecule has 0 bridgehead atoms. The van der Waals surface area contributed by atoms with Crippen molar-refractivity contribution in [1.82, 2.24) is 19.1 Å². The summed E-state index contributed by atoms with van der Waals surface area (Å²) in [4.78, 5) is 33.3. The van der Waals surface area contributed by atoms with E-state index in [1.165, 1.54) is 36.8 Å². The van der Waals surface area contributed by atoms with Crippen molar-refractivity contribution in [3.8, 4) is 17.0 Å². The number of sulfonamides is 1. The van der Waals surface area contributed by atoms with Gasteiger partial charge in [-0.3, -0.25) is 14.5 Å². The smallest absolute Gasteiger partial charge is 0.264 e. The van der Waals surface area contributed by atoms with Gasteiger partial charge in [0, 0.05) is 47.6 Å². The Bertz CT molecular complexity index is 2060. The summed E-state index contributed by atoms with van der Waals surface area (Å²) in [5, 5.41) is 1.09. The van der Waals surface area contributed by atoms with Crippen LogP contribution in [0.1, 0.15) is 97.5 Å². The minimum atomic E-state index is -3.89. The maximum absolute atomic E-state index is 15.0. The highest BCUT2D eigenvalue weighted by Crippen LogP contribution is 2.69. The zero-order chi connectivity index (χ0) is 34.2. The van der Waals surface area contributed by atoms with Gasteiger partial charge in [0.25, 0.3) is 5.91 Å². The van der Waals surface area contributed by atoms with Crippen molar-refractivity contribution < 1.29 is 27.5 Å². The zero-order valence-corrected chi connectivity index (χ0v) is 29.8. The molecule has 7 aliphatic rings. The Kier molecular flexibility index (Phi) is 6.77. The van der Waals surface area contributed by atoms with Crippen LogP contribution in [0.2, 0.25) is 0 Å². The van der Waals surface area contributed by atoms with Crippen LogP contribution in [0.15, 0.2) is 36.4 Å². The molecule has 3 aromatic rings. The number of hydrogen-bond donors (Lipinski definition) is 1. The van der Waals surface area contributed by atoms with Gasteiger partial charge >= 0.3 is 0 Å². The molecule has 1 spiro atoms. The quantitative estimate of drug-likeness (QED) is 0.364. The van der Waals surface area contributed by atoms with Crippen molar-refractivity contribution in [2.45, 2.75) is 106 Å². The van der Waals surface area contributed by atoms with Gasteiger partial charge in [-0.2, -0.15) is 0 Å². The van der Waals surface area contributed by atoms with E-state index in [0.717, 1.165) is 66.6 Å². The molecule has 10 rings (SSSR count). The van der Waals surface area contributed by atoms with Crippen molar-refractivity contribution >= 4 is 32.7 Å². The summed E-state index contributed by atoms with van der Waals surface area (Å²) in [5.74, 6) is 0.654. The number of carbonyl (C=O) groups excluding carboxylic acids is 2. The molecule has 0 radical (unpaired) electrons. The lowest BCUT2D eigenvalue weighted by molar-refractivity contribution is -0.278. The van der Waals surface area contributed by atoms with Gasteiger partial charge in [-0.25, -0.2) is 13.1 Å². The summed E-state index contributed by atoms with van der Waals surface area (Å²) in [6.45, 7) is 2.02. The molecule has 264 valence electrons. The molecule has 4 aliphatic heterocycles. The number of ether oxygens (including phenoxy) is 2. The number of nitrogens with zero attached hydrogens (tertiary/aromatic N) is 3. The standard InChI is InChI=1S/C39H46N4O6S/c1-41-20-33-39(41)15-14-32(39)43(33)37(45)38-19-30(38)29-18-25(48-2)11-13-27(29)35-34(23-7-4-3-5-8-23)28-12-10-24(17-31(28)42(35)22-38)36(44)40-50(46,47)21-26-9-6-16-49-26/h10-13,17-18,23,26,30,32-33H,3-9,14-16,19-22H2,1-2H3,(H,40,44). The third-order valence-electron chi connectivity index (χ3n) is 13.9. The van der Waals surface area contributed by atoms with E-state index in [2.05, 4.69) is 38.3 Å². The van der Waals surface area contributed by atoms with Crippen molar-refractivity contribution in [1.29, 1.82) is 0 Å². The van der Waals surface area contributed by atoms with Crippen LogP contribution >= 0.6 is 0 Å². The van der Waals surface area contributed by atoms with Gasteiger partial charge in [0.05, 0.1) is 47.7 Å². The largest absolute Gasteiger partial charge is 0.497 e. The first-order chi connectivity index (χ1) is 24.1. The molecule has 3 aliphatic carbocycles. The van der Waals surface area contributed by atoms with E-state index in [9.17, 15) is 18.0 Å². The van der Waals surface area contributed by atoms with Crippen molar-refractivity contribution in [2.75, 3.05) is 33.1 Å². The van der Waals surface area contributed by atoms with Crippen LogP contribution in [-0.2, 0) is 26.1 Å². The Hall–Kier alpha value is -3.41. The van der Waals surface area contributed by atoms with Crippen LogP contribution in [0.4, 0.5) is 0 Å². The number of aromatic nitrogens is 1. The summed E-state index contributed by atoms with van der Waals surface area (Å²) < 4.78 is 42.0. The maximum atomic E-state index is 15.0. The second kappa shape index (κ2) is 10.8. The highest BCUT2D eigenvalue weighted by atomic mass is 32.2. The van der Waals surface area contributed by atoms with Gasteiger partial charge in [0.1, 0.15) is 5.75 Å². The van der Waals surface area contributed by atoms with E-state index in [4.69, 9.17) is 9.47 Å². The Morgan fingerprint density at radius 2 is 1.86 bits per heavy atom. The summed E-state index contributed by atoms with van der Waals surface area (Å²) in [6, 6.07) is 12.6. The number of hydrogen-bond acceptors (Lipinski definition) is 7. The van der Waals surface area contributed by atoms with E-state index in [1.807, 2.05) is 18.2 Å². The van der Waals surface area contributed by atoms with E-state index < -0.39 is 27.4 Å². The number of methoxy groups -OCH3 is 1. The number of amides is 2. The third kappa shape index (κ3) is 4.23. The highest BCUT2D eigenvalue weighted by Gasteiger charge is 2.78. The summed E-state index contributed by atoms with van der Waals surface area (Å²) >= 11 is 0. The molecule has 6 atom stereocenters. The van der Waals surface area contributed by atoms with Crippen LogP contribution in [0.25, 0.3) is 22.2 Å². The molecule has 6 fully saturated rings. The van der Waals surface area contributed by atoms with Gasteiger partial charge in [-0.15, -0.1) is 0 Å². The molecule has 3 saturated heterocycles. The number of rotatable bonds is 7. The molecule has 11 heteroatoms. The van der Waals surface area contributed by atoms with Gasteiger partial charge < -0.3 is 18.9 Å². The lowest BCUT2D eigenvalue weighted by Crippen LogP contribution is -2.96. The Morgan fingerprint density at radius 1 is 1.02 bits per heavy atom. The van der Waals surface area contributed by atoms with Crippen LogP contribution in [0, 0.1) is 5.41 Å². The fourth-order valence-electron chi connectivity index (χ4n) is 11.2. The monoisotopic (exact) mass is 698 g/mol. The van der Waals surface area contributed by atoms with Crippen LogP contribution in [0.3, 0.4) is 0 Å². The molecule has 3 saturated carbocycles. The second-order valence-electron chi connectivity index (χ2n) is 16.3. The summed E-state index contributed by atoms with van der Waals surface area (Å²) in [5.41, 5.74) is 5.59. The molecule has 2 amide bonds. The number of likely N-dealkylation sites (tertiary alicyclic amines) is 2. The van der Waals surface area contributed by atoms with Crippen LogP contribution in [-0.4, -0.2) is 91.4 Å². The van der Waals surface area contributed by atoms with Gasteiger partial charge in [-0.05, 0) is 99.4 Å². The normalized spacial score (nSPS) is 32.6. The second-order valence-corrected chi connectivity index (χ2v) is 18.1. The molecule has 6 unspecified atom stereocenters. The predicted octanol–water partition coefficient (Wildman–Crippen LogP) is 5.15. The van der Waals surface area contributed by atoms with Gasteiger partial charge in [0.15, 0.2) is 0 Å². The average Bonchev–Trinajstić information content (AvgIpc) is 3.48. The highest BCUT2D eigenvalue weighted by molar-refractivity contribution is 7.90. The van der Waals surface area contributed by atoms with Gasteiger partial charge in [0.2, 0.25) is 15.9 Å². The van der Waals surface area contributed by atoms with E-state index in [1.54, 1.807) is 13.2 Å². The summed E-state index contributed by atoms with van der Waals surface area (Å²) in [6.07, 6.45) is 9.91. The fraction of sp³-hybridized carbons (Fsp3) is 0.590. The SMILES string of the molecule is COc1ccc2c(c1)C1CC1(C(=O)N1C3CCC34C1CN4C)Cn1c-2c(C2CCCCC2)c2ccc(C(=O)NS(=O)(=O)CC3CCCO3)cc21. The third-order valence-corrected chi connectivity index (χ3v) is 15.2. The van der Waals surface area contributed by atoms with E-state index in [-0.39, 0.29) is 23.1 Å². The number of fused-ring (bicyclic) bond motifs is 7. The van der Waals surface area contributed by atoms with Crippen LogP contribution < -0.4 is 9.46 Å². The van der Waals surface area contributed by atoms with Gasteiger partial charge in [-0.1, -0.05) is 25.3 Å². The maximum Gasteiger partial charge on any atom is 0.264 e. The van der Waals surface area contributed by atoms with E-state index >= 15 is 0 Å². The zero-order valence-electron chi connectivity index (χ0n) is 28.9. The molecule has 5 heterocycles. The molecule has 10 nitrogen and oxygen atoms in total. The number of piperazine rings is 1.